The van der Waals surface area contributed by atoms with Crippen LogP contribution in [0.15, 0.2) is 24.5 Å². The maximum Gasteiger partial charge on any atom is 0.289 e. The summed E-state index contributed by atoms with van der Waals surface area (Å²) in [6.07, 6.45) is 3.45. The van der Waals surface area contributed by atoms with Gasteiger partial charge < -0.3 is 4.90 Å². The molecule has 0 aliphatic heterocycles. The van der Waals surface area contributed by atoms with Gasteiger partial charge in [0, 0.05) is 41.9 Å². The second kappa shape index (κ2) is 4.21. The molecule has 1 rings (SSSR count). The Morgan fingerprint density at radius 2 is 2.50 bits per heavy atom. The van der Waals surface area contributed by atoms with Gasteiger partial charge in [-0.05, 0) is 11.6 Å². The summed E-state index contributed by atoms with van der Waals surface area (Å²) in [6, 6.07) is 3.78. The lowest BCUT2D eigenvalue weighted by molar-refractivity contribution is 0.233. The molecule has 64 valence electrons. The van der Waals surface area contributed by atoms with Gasteiger partial charge in [-0.3, -0.25) is 9.78 Å². The van der Waals surface area contributed by atoms with Crippen LogP contribution in [0.2, 0.25) is 0 Å². The molecule has 4 heteroatoms. The topological polar surface area (TPSA) is 33.2 Å². The van der Waals surface area contributed by atoms with Crippen LogP contribution in [-0.2, 0) is 6.54 Å². The standard InChI is InChI=1S/C8H9BrN2O/c1-11(8(9)12)6-7-3-2-4-10-5-7/h2-5H,6H2,1H3. The van der Waals surface area contributed by atoms with Crippen LogP contribution in [0.25, 0.3) is 0 Å². The van der Waals surface area contributed by atoms with E-state index < -0.39 is 0 Å². The molecule has 0 aliphatic rings. The molecule has 0 aromatic carbocycles. The van der Waals surface area contributed by atoms with Crippen molar-refractivity contribution in [3.05, 3.63) is 30.1 Å². The highest BCUT2D eigenvalue weighted by Gasteiger charge is 2.03. The maximum atomic E-state index is 10.8. The van der Waals surface area contributed by atoms with Gasteiger partial charge in [0.05, 0.1) is 0 Å². The second-order valence-corrected chi connectivity index (χ2v) is 3.15. The number of nitrogens with zero attached hydrogens (tertiary/aromatic N) is 2. The van der Waals surface area contributed by atoms with Crippen molar-refractivity contribution in [1.29, 1.82) is 0 Å². The van der Waals surface area contributed by atoms with E-state index in [9.17, 15) is 4.79 Å². The number of carbonyl (C=O) groups is 1. The minimum atomic E-state index is -0.119. The minimum absolute atomic E-state index is 0.119. The van der Waals surface area contributed by atoms with Crippen LogP contribution in [0.4, 0.5) is 4.79 Å². The Bertz CT molecular complexity index is 263. The first-order chi connectivity index (χ1) is 5.70. The first kappa shape index (κ1) is 9.19. The van der Waals surface area contributed by atoms with Crippen molar-refractivity contribution in [2.75, 3.05) is 7.05 Å². The molecule has 0 spiro atoms. The summed E-state index contributed by atoms with van der Waals surface area (Å²) in [6.45, 7) is 0.581. The second-order valence-electron chi connectivity index (χ2n) is 2.47. The summed E-state index contributed by atoms with van der Waals surface area (Å²) in [4.78, 5) is 16.2. The summed E-state index contributed by atoms with van der Waals surface area (Å²) in [5.41, 5.74) is 1.02. The van der Waals surface area contributed by atoms with Crippen LogP contribution >= 0.6 is 15.9 Å². The number of hydrogen-bond donors (Lipinski definition) is 0. The molecule has 0 unspecified atom stereocenters. The van der Waals surface area contributed by atoms with Gasteiger partial charge in [0.25, 0.3) is 4.82 Å². The van der Waals surface area contributed by atoms with E-state index >= 15 is 0 Å². The maximum absolute atomic E-state index is 10.8. The fourth-order valence-electron chi connectivity index (χ4n) is 0.828. The molecule has 0 aliphatic carbocycles. The first-order valence-electron chi connectivity index (χ1n) is 3.49. The first-order valence-corrected chi connectivity index (χ1v) is 4.29. The van der Waals surface area contributed by atoms with Crippen LogP contribution in [0.1, 0.15) is 5.56 Å². The van der Waals surface area contributed by atoms with E-state index in [4.69, 9.17) is 0 Å². The highest BCUT2D eigenvalue weighted by atomic mass is 79.9. The van der Waals surface area contributed by atoms with E-state index in [1.165, 1.54) is 0 Å². The Labute approximate surface area is 79.5 Å². The summed E-state index contributed by atoms with van der Waals surface area (Å²) < 4.78 is 0. The van der Waals surface area contributed by atoms with Gasteiger partial charge in [0.2, 0.25) is 0 Å². The van der Waals surface area contributed by atoms with Gasteiger partial charge in [-0.2, -0.15) is 0 Å². The molecule has 1 amide bonds. The van der Waals surface area contributed by atoms with Crippen molar-refractivity contribution in [2.45, 2.75) is 6.54 Å². The number of hydrogen-bond acceptors (Lipinski definition) is 2. The zero-order chi connectivity index (χ0) is 8.97. The lowest BCUT2D eigenvalue weighted by atomic mass is 10.3. The largest absolute Gasteiger partial charge is 0.332 e. The van der Waals surface area contributed by atoms with E-state index in [1.807, 2.05) is 12.1 Å². The summed E-state index contributed by atoms with van der Waals surface area (Å²) in [5, 5.41) is 0. The molecule has 0 N–H and O–H groups in total. The van der Waals surface area contributed by atoms with Crippen molar-refractivity contribution >= 4 is 20.7 Å². The van der Waals surface area contributed by atoms with E-state index in [1.54, 1.807) is 24.3 Å². The third-order valence-electron chi connectivity index (χ3n) is 1.44. The smallest absolute Gasteiger partial charge is 0.289 e. The number of amides is 1. The van der Waals surface area contributed by atoms with Crippen molar-refractivity contribution in [1.82, 2.24) is 9.88 Å². The Morgan fingerprint density at radius 3 is 3.00 bits per heavy atom. The number of carbonyl (C=O) groups excluding carboxylic acids is 1. The van der Waals surface area contributed by atoms with Gasteiger partial charge in [-0.1, -0.05) is 6.07 Å². The van der Waals surface area contributed by atoms with E-state index in [0.29, 0.717) is 6.54 Å². The fourth-order valence-corrected chi connectivity index (χ4v) is 0.953. The molecule has 0 saturated carbocycles. The Balaban J connectivity index is 2.58. The zero-order valence-electron chi connectivity index (χ0n) is 6.70. The minimum Gasteiger partial charge on any atom is -0.332 e. The van der Waals surface area contributed by atoms with Gasteiger partial charge in [-0.25, -0.2) is 0 Å². The highest BCUT2D eigenvalue weighted by molar-refractivity contribution is 9.18. The van der Waals surface area contributed by atoms with Crippen molar-refractivity contribution in [2.24, 2.45) is 0 Å². The number of pyridine rings is 1. The van der Waals surface area contributed by atoms with Crippen LogP contribution < -0.4 is 0 Å². The average Bonchev–Trinajstić information content (AvgIpc) is 2.06. The molecule has 3 nitrogen and oxygen atoms in total. The molecule has 0 bridgehead atoms. The molecule has 1 heterocycles. The molecule has 1 aromatic rings. The lowest BCUT2D eigenvalue weighted by Gasteiger charge is -2.12. The summed E-state index contributed by atoms with van der Waals surface area (Å²) >= 11 is 2.86. The molecule has 0 radical (unpaired) electrons. The van der Waals surface area contributed by atoms with Gasteiger partial charge >= 0.3 is 0 Å². The van der Waals surface area contributed by atoms with Gasteiger partial charge in [-0.15, -0.1) is 0 Å². The van der Waals surface area contributed by atoms with Crippen molar-refractivity contribution in [3.63, 3.8) is 0 Å². The summed E-state index contributed by atoms with van der Waals surface area (Å²) in [7, 11) is 1.73. The Kier molecular flexibility index (Phi) is 3.22. The molecular formula is C8H9BrN2O. The SMILES string of the molecule is CN(Cc1cccnc1)C(=O)Br. The zero-order valence-corrected chi connectivity index (χ0v) is 8.28. The number of halogens is 1. The quantitative estimate of drug-likeness (QED) is 0.574. The van der Waals surface area contributed by atoms with Crippen LogP contribution in [0.3, 0.4) is 0 Å². The number of rotatable bonds is 2. The Morgan fingerprint density at radius 1 is 1.75 bits per heavy atom. The third-order valence-corrected chi connectivity index (χ3v) is 2.05. The predicted octanol–water partition coefficient (Wildman–Crippen LogP) is 2.03. The van der Waals surface area contributed by atoms with Gasteiger partial charge in [0.15, 0.2) is 0 Å². The third kappa shape index (κ3) is 2.62. The number of aromatic nitrogens is 1. The van der Waals surface area contributed by atoms with Crippen molar-refractivity contribution in [3.8, 4) is 0 Å². The monoisotopic (exact) mass is 228 g/mol. The molecule has 12 heavy (non-hydrogen) atoms. The van der Waals surface area contributed by atoms with E-state index in [-0.39, 0.29) is 4.82 Å². The van der Waals surface area contributed by atoms with Crippen LogP contribution in [0.5, 0.6) is 0 Å². The molecular weight excluding hydrogens is 220 g/mol. The van der Waals surface area contributed by atoms with E-state index in [2.05, 4.69) is 20.9 Å². The molecule has 0 fully saturated rings. The van der Waals surface area contributed by atoms with Crippen molar-refractivity contribution < 1.29 is 4.79 Å². The van der Waals surface area contributed by atoms with Crippen LogP contribution in [-0.4, -0.2) is 21.7 Å². The lowest BCUT2D eigenvalue weighted by Crippen LogP contribution is -2.19. The molecule has 0 atom stereocenters. The van der Waals surface area contributed by atoms with E-state index in [0.717, 1.165) is 5.56 Å². The Hall–Kier alpha value is -0.900. The highest BCUT2D eigenvalue weighted by Crippen LogP contribution is 2.03. The average molecular weight is 229 g/mol. The summed E-state index contributed by atoms with van der Waals surface area (Å²) in [5.74, 6) is 0. The predicted molar refractivity (Wildman–Crippen MR) is 50.0 cm³/mol. The molecule has 0 saturated heterocycles. The normalized spacial score (nSPS) is 9.50. The molecule has 1 aromatic heterocycles. The van der Waals surface area contributed by atoms with Crippen LogP contribution in [0, 0.1) is 0 Å². The fraction of sp³-hybridized carbons (Fsp3) is 0.250. The van der Waals surface area contributed by atoms with Gasteiger partial charge in [0.1, 0.15) is 0 Å².